The number of allylic oxidation sites excluding steroid dienone is 1. The van der Waals surface area contributed by atoms with E-state index in [1.54, 1.807) is 13.0 Å². The lowest BCUT2D eigenvalue weighted by atomic mass is 10.2. The third-order valence-electron chi connectivity index (χ3n) is 1.24. The topological polar surface area (TPSA) is 9.23 Å². The summed E-state index contributed by atoms with van der Waals surface area (Å²) in [5, 5.41) is 0. The third kappa shape index (κ3) is 4.03. The van der Waals surface area contributed by atoms with Crippen molar-refractivity contribution in [1.82, 2.24) is 0 Å². The van der Waals surface area contributed by atoms with Gasteiger partial charge in [-0.2, -0.15) is 13.2 Å². The standard InChI is InChI=1S/C7H11F3O/c1-3-4-5-6(11-2)7(8,9)10/h3-4,6H,5H2,1-2H3/b4-3-. The summed E-state index contributed by atoms with van der Waals surface area (Å²) in [5.41, 5.74) is 0. The Labute approximate surface area is 63.8 Å². The average molecular weight is 168 g/mol. The maximum Gasteiger partial charge on any atom is 0.414 e. The zero-order chi connectivity index (χ0) is 8.91. The number of methoxy groups -OCH3 is 1. The van der Waals surface area contributed by atoms with Gasteiger partial charge in [-0.15, -0.1) is 0 Å². The fourth-order valence-electron chi connectivity index (χ4n) is 0.623. The summed E-state index contributed by atoms with van der Waals surface area (Å²) in [6, 6.07) is 0. The Hall–Kier alpha value is -0.510. The van der Waals surface area contributed by atoms with Gasteiger partial charge in [-0.1, -0.05) is 12.2 Å². The van der Waals surface area contributed by atoms with Gasteiger partial charge < -0.3 is 4.74 Å². The molecule has 0 aliphatic carbocycles. The molecule has 1 nitrogen and oxygen atoms in total. The highest BCUT2D eigenvalue weighted by molar-refractivity contribution is 4.83. The minimum Gasteiger partial charge on any atom is -0.372 e. The van der Waals surface area contributed by atoms with Gasteiger partial charge in [0.2, 0.25) is 0 Å². The summed E-state index contributed by atoms with van der Waals surface area (Å²) in [6.45, 7) is 1.67. The average Bonchev–Trinajstić information content (AvgIpc) is 1.87. The molecule has 0 aromatic rings. The molecular weight excluding hydrogens is 157 g/mol. The molecule has 0 fully saturated rings. The van der Waals surface area contributed by atoms with E-state index in [0.29, 0.717) is 0 Å². The van der Waals surface area contributed by atoms with Crippen LogP contribution in [0.5, 0.6) is 0 Å². The highest BCUT2D eigenvalue weighted by atomic mass is 19.4. The van der Waals surface area contributed by atoms with Crippen molar-refractivity contribution in [3.8, 4) is 0 Å². The van der Waals surface area contributed by atoms with Crippen LogP contribution in [0.1, 0.15) is 13.3 Å². The van der Waals surface area contributed by atoms with E-state index >= 15 is 0 Å². The smallest absolute Gasteiger partial charge is 0.372 e. The zero-order valence-electron chi connectivity index (χ0n) is 6.48. The molecule has 0 aromatic carbocycles. The highest BCUT2D eigenvalue weighted by Gasteiger charge is 2.38. The molecule has 0 aromatic heterocycles. The van der Waals surface area contributed by atoms with Crippen LogP contribution in [-0.2, 0) is 4.74 Å². The lowest BCUT2D eigenvalue weighted by Crippen LogP contribution is -2.29. The molecule has 0 saturated heterocycles. The summed E-state index contributed by atoms with van der Waals surface area (Å²) in [4.78, 5) is 0. The molecule has 1 atom stereocenters. The van der Waals surface area contributed by atoms with Crippen molar-refractivity contribution in [2.45, 2.75) is 25.6 Å². The van der Waals surface area contributed by atoms with Gasteiger partial charge in [0.05, 0.1) is 0 Å². The molecule has 0 heterocycles. The van der Waals surface area contributed by atoms with E-state index < -0.39 is 12.3 Å². The molecule has 11 heavy (non-hydrogen) atoms. The normalized spacial score (nSPS) is 15.7. The first kappa shape index (κ1) is 10.5. The SMILES string of the molecule is C/C=C\CC(OC)C(F)(F)F. The van der Waals surface area contributed by atoms with Crippen molar-refractivity contribution in [3.63, 3.8) is 0 Å². The fourth-order valence-corrected chi connectivity index (χ4v) is 0.623. The van der Waals surface area contributed by atoms with Gasteiger partial charge in [0.15, 0.2) is 6.10 Å². The Morgan fingerprint density at radius 1 is 1.45 bits per heavy atom. The van der Waals surface area contributed by atoms with Crippen molar-refractivity contribution >= 4 is 0 Å². The van der Waals surface area contributed by atoms with E-state index in [-0.39, 0.29) is 6.42 Å². The van der Waals surface area contributed by atoms with Crippen molar-refractivity contribution in [2.75, 3.05) is 7.11 Å². The van der Waals surface area contributed by atoms with Crippen LogP contribution in [-0.4, -0.2) is 19.4 Å². The monoisotopic (exact) mass is 168 g/mol. The molecule has 0 rings (SSSR count). The van der Waals surface area contributed by atoms with Gasteiger partial charge in [-0.05, 0) is 6.92 Å². The van der Waals surface area contributed by atoms with E-state index in [9.17, 15) is 13.2 Å². The number of ether oxygens (including phenoxy) is 1. The second-order valence-corrected chi connectivity index (χ2v) is 2.07. The third-order valence-corrected chi connectivity index (χ3v) is 1.24. The van der Waals surface area contributed by atoms with E-state index in [1.807, 2.05) is 0 Å². The molecule has 0 radical (unpaired) electrons. The van der Waals surface area contributed by atoms with Crippen LogP contribution in [0, 0.1) is 0 Å². The van der Waals surface area contributed by atoms with Crippen molar-refractivity contribution in [3.05, 3.63) is 12.2 Å². The van der Waals surface area contributed by atoms with Crippen LogP contribution in [0.25, 0.3) is 0 Å². The second-order valence-electron chi connectivity index (χ2n) is 2.07. The number of rotatable bonds is 3. The van der Waals surface area contributed by atoms with Crippen molar-refractivity contribution in [2.24, 2.45) is 0 Å². The summed E-state index contributed by atoms with van der Waals surface area (Å²) in [6.07, 6.45) is -3.04. The second kappa shape index (κ2) is 4.38. The molecule has 0 N–H and O–H groups in total. The van der Waals surface area contributed by atoms with Crippen LogP contribution in [0.4, 0.5) is 13.2 Å². The van der Waals surface area contributed by atoms with Crippen LogP contribution in [0.3, 0.4) is 0 Å². The fraction of sp³-hybridized carbons (Fsp3) is 0.714. The predicted octanol–water partition coefficient (Wildman–Crippen LogP) is 2.53. The van der Waals surface area contributed by atoms with Crippen LogP contribution in [0.2, 0.25) is 0 Å². The lowest BCUT2D eigenvalue weighted by molar-refractivity contribution is -0.211. The molecule has 0 amide bonds. The van der Waals surface area contributed by atoms with E-state index in [2.05, 4.69) is 4.74 Å². The highest BCUT2D eigenvalue weighted by Crippen LogP contribution is 2.24. The maximum atomic E-state index is 11.9. The first-order valence-corrected chi connectivity index (χ1v) is 3.23. The summed E-state index contributed by atoms with van der Waals surface area (Å²) in [5.74, 6) is 0. The Morgan fingerprint density at radius 2 is 2.00 bits per heavy atom. The maximum absolute atomic E-state index is 11.9. The molecule has 66 valence electrons. The first-order valence-electron chi connectivity index (χ1n) is 3.23. The van der Waals surface area contributed by atoms with Crippen LogP contribution >= 0.6 is 0 Å². The Morgan fingerprint density at radius 3 is 2.27 bits per heavy atom. The zero-order valence-corrected chi connectivity index (χ0v) is 6.48. The van der Waals surface area contributed by atoms with Gasteiger partial charge in [0, 0.05) is 13.5 Å². The van der Waals surface area contributed by atoms with Gasteiger partial charge in [0.25, 0.3) is 0 Å². The predicted molar refractivity (Wildman–Crippen MR) is 36.3 cm³/mol. The van der Waals surface area contributed by atoms with Crippen molar-refractivity contribution < 1.29 is 17.9 Å². The Balaban J connectivity index is 3.96. The molecular formula is C7H11F3O. The minimum atomic E-state index is -4.26. The minimum absolute atomic E-state index is 0.115. The van der Waals surface area contributed by atoms with Gasteiger partial charge >= 0.3 is 6.18 Å². The van der Waals surface area contributed by atoms with Gasteiger partial charge in [0.1, 0.15) is 0 Å². The van der Waals surface area contributed by atoms with Crippen LogP contribution in [0.15, 0.2) is 12.2 Å². The molecule has 0 spiro atoms. The van der Waals surface area contributed by atoms with Crippen LogP contribution < -0.4 is 0 Å². The summed E-state index contributed by atoms with van der Waals surface area (Å²) in [7, 11) is 1.06. The van der Waals surface area contributed by atoms with E-state index in [0.717, 1.165) is 7.11 Å². The lowest BCUT2D eigenvalue weighted by Gasteiger charge is -2.16. The summed E-state index contributed by atoms with van der Waals surface area (Å²) < 4.78 is 39.9. The van der Waals surface area contributed by atoms with E-state index in [1.165, 1.54) is 6.08 Å². The number of alkyl halides is 3. The Kier molecular flexibility index (Phi) is 4.18. The number of hydrogen-bond acceptors (Lipinski definition) is 1. The summed E-state index contributed by atoms with van der Waals surface area (Å²) >= 11 is 0. The molecule has 0 saturated carbocycles. The largest absolute Gasteiger partial charge is 0.414 e. The molecule has 0 aliphatic rings. The van der Waals surface area contributed by atoms with Crippen molar-refractivity contribution in [1.29, 1.82) is 0 Å². The molecule has 0 bridgehead atoms. The molecule has 1 unspecified atom stereocenters. The van der Waals surface area contributed by atoms with Gasteiger partial charge in [-0.3, -0.25) is 0 Å². The molecule has 4 heteroatoms. The number of hydrogen-bond donors (Lipinski definition) is 0. The first-order chi connectivity index (χ1) is 5.02. The van der Waals surface area contributed by atoms with E-state index in [4.69, 9.17) is 0 Å². The Bertz CT molecular complexity index is 128. The quantitative estimate of drug-likeness (QED) is 0.588. The number of halogens is 3. The van der Waals surface area contributed by atoms with Gasteiger partial charge in [-0.25, -0.2) is 0 Å². The molecule has 0 aliphatic heterocycles.